The second-order valence-electron chi connectivity index (χ2n) is 5.36. The Labute approximate surface area is 93.5 Å². The number of hydrogen-bond acceptors (Lipinski definition) is 1. The van der Waals surface area contributed by atoms with Crippen LogP contribution in [0.3, 0.4) is 0 Å². The second kappa shape index (κ2) is 4.26. The summed E-state index contributed by atoms with van der Waals surface area (Å²) < 4.78 is 5.28. The highest BCUT2D eigenvalue weighted by Crippen LogP contribution is 2.33. The van der Waals surface area contributed by atoms with Gasteiger partial charge in [-0.15, -0.1) is 0 Å². The van der Waals surface area contributed by atoms with Crippen LogP contribution in [-0.4, -0.2) is 7.11 Å². The van der Waals surface area contributed by atoms with Crippen LogP contribution in [0, 0.1) is 0 Å². The van der Waals surface area contributed by atoms with Gasteiger partial charge in [-0.2, -0.15) is 0 Å². The summed E-state index contributed by atoms with van der Waals surface area (Å²) in [5.41, 5.74) is 2.98. The molecule has 0 amide bonds. The molecule has 0 atom stereocenters. The SMILES string of the molecule is COc1ccc(C(C)C)c(C(C)(C)C)c1. The van der Waals surface area contributed by atoms with E-state index >= 15 is 0 Å². The van der Waals surface area contributed by atoms with Gasteiger partial charge in [0.05, 0.1) is 7.11 Å². The van der Waals surface area contributed by atoms with E-state index in [4.69, 9.17) is 4.74 Å². The summed E-state index contributed by atoms with van der Waals surface area (Å²) in [5.74, 6) is 1.51. The molecule has 1 rings (SSSR count). The standard InChI is InChI=1S/C14H22O/c1-10(2)12-8-7-11(15-6)9-13(12)14(3,4)5/h7-10H,1-6H3. The summed E-state index contributed by atoms with van der Waals surface area (Å²) in [6.07, 6.45) is 0. The Kier molecular flexibility index (Phi) is 3.43. The Morgan fingerprint density at radius 2 is 1.73 bits per heavy atom. The molecule has 0 saturated heterocycles. The zero-order valence-corrected chi connectivity index (χ0v) is 10.7. The maximum absolute atomic E-state index is 5.28. The predicted octanol–water partition coefficient (Wildman–Crippen LogP) is 4.12. The third-order valence-electron chi connectivity index (χ3n) is 2.69. The Hall–Kier alpha value is -0.980. The van der Waals surface area contributed by atoms with Crippen LogP contribution in [0.15, 0.2) is 18.2 Å². The van der Waals surface area contributed by atoms with Gasteiger partial charge in [0.2, 0.25) is 0 Å². The molecule has 1 aromatic carbocycles. The molecule has 0 heterocycles. The van der Waals surface area contributed by atoms with E-state index in [1.807, 2.05) is 6.07 Å². The zero-order valence-electron chi connectivity index (χ0n) is 10.7. The average Bonchev–Trinajstić information content (AvgIpc) is 2.15. The largest absolute Gasteiger partial charge is 0.497 e. The van der Waals surface area contributed by atoms with Crippen LogP contribution in [0.25, 0.3) is 0 Å². The fraction of sp³-hybridized carbons (Fsp3) is 0.571. The van der Waals surface area contributed by atoms with Crippen molar-refractivity contribution in [2.45, 2.75) is 46.0 Å². The van der Waals surface area contributed by atoms with Crippen molar-refractivity contribution in [1.82, 2.24) is 0 Å². The molecule has 1 heteroatoms. The van der Waals surface area contributed by atoms with Crippen LogP contribution >= 0.6 is 0 Å². The Balaban J connectivity index is 3.29. The molecule has 84 valence electrons. The number of methoxy groups -OCH3 is 1. The molecule has 1 aromatic rings. The average molecular weight is 206 g/mol. The Morgan fingerprint density at radius 1 is 1.13 bits per heavy atom. The number of ether oxygens (including phenoxy) is 1. The predicted molar refractivity (Wildman–Crippen MR) is 65.8 cm³/mol. The fourth-order valence-corrected chi connectivity index (χ4v) is 1.82. The van der Waals surface area contributed by atoms with Gasteiger partial charge < -0.3 is 4.74 Å². The van der Waals surface area contributed by atoms with Crippen molar-refractivity contribution in [2.24, 2.45) is 0 Å². The van der Waals surface area contributed by atoms with Gasteiger partial charge in [0.25, 0.3) is 0 Å². The lowest BCUT2D eigenvalue weighted by Gasteiger charge is -2.25. The third kappa shape index (κ3) is 2.74. The first-order valence-corrected chi connectivity index (χ1v) is 5.54. The summed E-state index contributed by atoms with van der Waals surface area (Å²) in [7, 11) is 1.72. The molecular formula is C14H22O. The molecule has 0 spiro atoms. The molecule has 0 radical (unpaired) electrons. The van der Waals surface area contributed by atoms with Crippen molar-refractivity contribution in [3.8, 4) is 5.75 Å². The van der Waals surface area contributed by atoms with E-state index < -0.39 is 0 Å². The summed E-state index contributed by atoms with van der Waals surface area (Å²) >= 11 is 0. The topological polar surface area (TPSA) is 9.23 Å². The van der Waals surface area contributed by atoms with Gasteiger partial charge in [-0.3, -0.25) is 0 Å². The maximum Gasteiger partial charge on any atom is 0.119 e. The highest BCUT2D eigenvalue weighted by atomic mass is 16.5. The van der Waals surface area contributed by atoms with Gasteiger partial charge in [-0.25, -0.2) is 0 Å². The molecule has 0 bridgehead atoms. The molecular weight excluding hydrogens is 184 g/mol. The molecule has 15 heavy (non-hydrogen) atoms. The lowest BCUT2D eigenvalue weighted by Crippen LogP contribution is -2.15. The van der Waals surface area contributed by atoms with Gasteiger partial charge in [0.1, 0.15) is 5.75 Å². The van der Waals surface area contributed by atoms with E-state index in [2.05, 4.69) is 46.8 Å². The summed E-state index contributed by atoms with van der Waals surface area (Å²) in [4.78, 5) is 0. The normalized spacial score (nSPS) is 11.9. The van der Waals surface area contributed by atoms with E-state index in [9.17, 15) is 0 Å². The van der Waals surface area contributed by atoms with Crippen LogP contribution in [0.4, 0.5) is 0 Å². The third-order valence-corrected chi connectivity index (χ3v) is 2.69. The van der Waals surface area contributed by atoms with Crippen LogP contribution in [0.1, 0.15) is 51.7 Å². The monoisotopic (exact) mass is 206 g/mol. The lowest BCUT2D eigenvalue weighted by atomic mass is 9.80. The van der Waals surface area contributed by atoms with Crippen molar-refractivity contribution < 1.29 is 4.74 Å². The van der Waals surface area contributed by atoms with Crippen molar-refractivity contribution in [3.63, 3.8) is 0 Å². The first-order chi connectivity index (χ1) is 6.86. The molecule has 0 N–H and O–H groups in total. The minimum Gasteiger partial charge on any atom is -0.497 e. The number of benzene rings is 1. The van der Waals surface area contributed by atoms with Crippen LogP contribution in [0.2, 0.25) is 0 Å². The van der Waals surface area contributed by atoms with Crippen LogP contribution < -0.4 is 4.74 Å². The van der Waals surface area contributed by atoms with Crippen molar-refractivity contribution in [3.05, 3.63) is 29.3 Å². The number of rotatable bonds is 2. The maximum atomic E-state index is 5.28. The number of hydrogen-bond donors (Lipinski definition) is 0. The fourth-order valence-electron chi connectivity index (χ4n) is 1.82. The van der Waals surface area contributed by atoms with Gasteiger partial charge >= 0.3 is 0 Å². The Bertz CT molecular complexity index is 332. The van der Waals surface area contributed by atoms with E-state index in [-0.39, 0.29) is 5.41 Å². The molecule has 0 aliphatic rings. The van der Waals surface area contributed by atoms with E-state index in [1.54, 1.807) is 7.11 Å². The van der Waals surface area contributed by atoms with E-state index in [0.29, 0.717) is 5.92 Å². The van der Waals surface area contributed by atoms with Gasteiger partial charge in [-0.1, -0.05) is 40.7 Å². The second-order valence-corrected chi connectivity index (χ2v) is 5.36. The van der Waals surface area contributed by atoms with Gasteiger partial charge in [0, 0.05) is 0 Å². The smallest absolute Gasteiger partial charge is 0.119 e. The highest BCUT2D eigenvalue weighted by molar-refractivity contribution is 5.41. The lowest BCUT2D eigenvalue weighted by molar-refractivity contribution is 0.412. The molecule has 0 unspecified atom stereocenters. The quantitative estimate of drug-likeness (QED) is 0.707. The van der Waals surface area contributed by atoms with Crippen molar-refractivity contribution in [1.29, 1.82) is 0 Å². The van der Waals surface area contributed by atoms with Crippen molar-refractivity contribution in [2.75, 3.05) is 7.11 Å². The summed E-state index contributed by atoms with van der Waals surface area (Å²) in [5, 5.41) is 0. The minimum atomic E-state index is 0.175. The molecule has 1 nitrogen and oxygen atoms in total. The minimum absolute atomic E-state index is 0.175. The first kappa shape index (κ1) is 12.1. The highest BCUT2D eigenvalue weighted by Gasteiger charge is 2.19. The first-order valence-electron chi connectivity index (χ1n) is 5.54. The zero-order chi connectivity index (χ0) is 11.6. The molecule has 0 aliphatic heterocycles. The van der Waals surface area contributed by atoms with E-state index in [0.717, 1.165) is 5.75 Å². The summed E-state index contributed by atoms with van der Waals surface area (Å²) in [6.45, 7) is 11.2. The van der Waals surface area contributed by atoms with Gasteiger partial charge in [-0.05, 0) is 34.6 Å². The molecule has 0 aromatic heterocycles. The molecule has 0 fully saturated rings. The van der Waals surface area contributed by atoms with Crippen LogP contribution in [-0.2, 0) is 5.41 Å². The van der Waals surface area contributed by atoms with Crippen molar-refractivity contribution >= 4 is 0 Å². The van der Waals surface area contributed by atoms with Gasteiger partial charge in [0.15, 0.2) is 0 Å². The van der Waals surface area contributed by atoms with E-state index in [1.165, 1.54) is 11.1 Å². The summed E-state index contributed by atoms with van der Waals surface area (Å²) in [6, 6.07) is 6.39. The van der Waals surface area contributed by atoms with Crippen LogP contribution in [0.5, 0.6) is 5.75 Å². The molecule has 0 aliphatic carbocycles. The molecule has 0 saturated carbocycles. The Morgan fingerprint density at radius 3 is 2.13 bits per heavy atom.